The molecule has 2 aromatic rings. The van der Waals surface area contributed by atoms with Crippen LogP contribution in [0.15, 0.2) is 34.8 Å². The lowest BCUT2D eigenvalue weighted by Gasteiger charge is -2.41. The number of hydrogen-bond acceptors (Lipinski definition) is 5. The van der Waals surface area contributed by atoms with Crippen molar-refractivity contribution in [2.24, 2.45) is 0 Å². The fourth-order valence-corrected chi connectivity index (χ4v) is 3.87. The number of halogens is 2. The molecule has 0 atom stereocenters. The largest absolute Gasteiger partial charge is 0.481 e. The standard InChI is InChI=1S/C22H26BrClN2O4/c1-22(2,3)30-21(28)26(14-10-15(27)11-14)12-13-8-9-18(25-20(13)29-4)16-6-5-7-17(23)19(16)24/h5-9,14-15,27H,10-12H2,1-4H3. The molecule has 0 saturated heterocycles. The number of amides is 1. The minimum Gasteiger partial charge on any atom is -0.481 e. The number of aliphatic hydroxyl groups is 1. The zero-order valence-electron chi connectivity index (χ0n) is 17.5. The van der Waals surface area contributed by atoms with Crippen molar-refractivity contribution in [1.82, 2.24) is 9.88 Å². The van der Waals surface area contributed by atoms with E-state index in [4.69, 9.17) is 21.1 Å². The molecule has 1 N–H and O–H groups in total. The first kappa shape index (κ1) is 22.8. The van der Waals surface area contributed by atoms with Crippen LogP contribution in [0.1, 0.15) is 39.2 Å². The van der Waals surface area contributed by atoms with Gasteiger partial charge in [0.15, 0.2) is 0 Å². The predicted octanol–water partition coefficient (Wildman–Crippen LogP) is 5.43. The summed E-state index contributed by atoms with van der Waals surface area (Å²) >= 11 is 9.84. The number of hydrogen-bond donors (Lipinski definition) is 1. The third-order valence-electron chi connectivity index (χ3n) is 4.86. The van der Waals surface area contributed by atoms with Gasteiger partial charge < -0.3 is 19.5 Å². The van der Waals surface area contributed by atoms with Crippen molar-refractivity contribution in [3.8, 4) is 17.1 Å². The molecule has 1 aliphatic rings. The predicted molar refractivity (Wildman–Crippen MR) is 120 cm³/mol. The van der Waals surface area contributed by atoms with E-state index in [2.05, 4.69) is 20.9 Å². The van der Waals surface area contributed by atoms with Gasteiger partial charge in [-0.05, 0) is 67.7 Å². The monoisotopic (exact) mass is 496 g/mol. The Morgan fingerprint density at radius 2 is 2.00 bits per heavy atom. The summed E-state index contributed by atoms with van der Waals surface area (Å²) in [6.07, 6.45) is 0.253. The molecule has 1 fully saturated rings. The lowest BCUT2D eigenvalue weighted by atomic mass is 9.88. The molecule has 0 bridgehead atoms. The molecular weight excluding hydrogens is 472 g/mol. The Hall–Kier alpha value is -1.83. The number of nitrogens with zero attached hydrogens (tertiary/aromatic N) is 2. The van der Waals surface area contributed by atoms with Crippen molar-refractivity contribution in [3.63, 3.8) is 0 Å². The Bertz CT molecular complexity index is 926. The fraction of sp³-hybridized carbons (Fsp3) is 0.455. The minimum atomic E-state index is -0.610. The van der Waals surface area contributed by atoms with Gasteiger partial charge in [0.1, 0.15) is 5.60 Å². The Morgan fingerprint density at radius 3 is 2.60 bits per heavy atom. The highest BCUT2D eigenvalue weighted by atomic mass is 79.9. The van der Waals surface area contributed by atoms with E-state index in [1.54, 1.807) is 12.0 Å². The van der Waals surface area contributed by atoms with Crippen molar-refractivity contribution < 1.29 is 19.4 Å². The van der Waals surface area contributed by atoms with E-state index < -0.39 is 11.7 Å². The SMILES string of the molecule is COc1nc(-c2cccc(Br)c2Cl)ccc1CN(C(=O)OC(C)(C)C)C1CC(O)C1. The Kier molecular flexibility index (Phi) is 6.95. The summed E-state index contributed by atoms with van der Waals surface area (Å²) in [5, 5.41) is 10.3. The smallest absolute Gasteiger partial charge is 0.410 e. The first-order valence-electron chi connectivity index (χ1n) is 9.75. The van der Waals surface area contributed by atoms with Crippen LogP contribution in [0.2, 0.25) is 5.02 Å². The summed E-state index contributed by atoms with van der Waals surface area (Å²) in [6, 6.07) is 9.29. The van der Waals surface area contributed by atoms with Crippen molar-refractivity contribution in [2.45, 2.75) is 57.9 Å². The maximum absolute atomic E-state index is 12.8. The summed E-state index contributed by atoms with van der Waals surface area (Å²) in [4.78, 5) is 19.1. The second kappa shape index (κ2) is 9.12. The molecule has 8 heteroatoms. The number of pyridine rings is 1. The molecule has 0 radical (unpaired) electrons. The van der Waals surface area contributed by atoms with Crippen LogP contribution in [0.3, 0.4) is 0 Å². The van der Waals surface area contributed by atoms with Gasteiger partial charge in [-0.2, -0.15) is 0 Å². The summed E-state index contributed by atoms with van der Waals surface area (Å²) in [6.45, 7) is 5.76. The first-order valence-corrected chi connectivity index (χ1v) is 10.9. The molecule has 1 amide bonds. The third kappa shape index (κ3) is 5.25. The highest BCUT2D eigenvalue weighted by molar-refractivity contribution is 9.10. The Labute approximate surface area is 190 Å². The molecule has 1 heterocycles. The number of methoxy groups -OCH3 is 1. The molecule has 1 aromatic carbocycles. The molecule has 162 valence electrons. The summed E-state index contributed by atoms with van der Waals surface area (Å²) < 4.78 is 11.9. The normalized spacial score (nSPS) is 18.5. The highest BCUT2D eigenvalue weighted by Gasteiger charge is 2.37. The van der Waals surface area contributed by atoms with Crippen LogP contribution < -0.4 is 4.74 Å². The summed E-state index contributed by atoms with van der Waals surface area (Å²) in [7, 11) is 1.54. The zero-order chi connectivity index (χ0) is 22.1. The van der Waals surface area contributed by atoms with Crippen LogP contribution in [-0.4, -0.2) is 45.9 Å². The number of carbonyl (C=O) groups excluding carboxylic acids is 1. The second-order valence-electron chi connectivity index (χ2n) is 8.35. The van der Waals surface area contributed by atoms with Gasteiger partial charge in [-0.3, -0.25) is 0 Å². The van der Waals surface area contributed by atoms with E-state index in [1.165, 1.54) is 0 Å². The fourth-order valence-electron chi connectivity index (χ4n) is 3.28. The third-order valence-corrected chi connectivity index (χ3v) is 6.15. The number of ether oxygens (including phenoxy) is 2. The lowest BCUT2D eigenvalue weighted by Crippen LogP contribution is -2.50. The average Bonchev–Trinajstić information content (AvgIpc) is 2.64. The van der Waals surface area contributed by atoms with E-state index in [0.717, 1.165) is 15.6 Å². The quantitative estimate of drug-likeness (QED) is 0.596. The topological polar surface area (TPSA) is 71.9 Å². The van der Waals surface area contributed by atoms with Crippen LogP contribution in [0.4, 0.5) is 4.79 Å². The Morgan fingerprint density at radius 1 is 1.30 bits per heavy atom. The minimum absolute atomic E-state index is 0.0845. The molecule has 30 heavy (non-hydrogen) atoms. The average molecular weight is 498 g/mol. The van der Waals surface area contributed by atoms with Gasteiger partial charge in [-0.15, -0.1) is 0 Å². The lowest BCUT2D eigenvalue weighted by molar-refractivity contribution is -0.0271. The van der Waals surface area contributed by atoms with Gasteiger partial charge >= 0.3 is 6.09 Å². The molecular formula is C22H26BrClN2O4. The van der Waals surface area contributed by atoms with Gasteiger partial charge in [0.2, 0.25) is 5.88 Å². The van der Waals surface area contributed by atoms with Gasteiger partial charge in [0, 0.05) is 21.6 Å². The number of benzene rings is 1. The number of aromatic nitrogens is 1. The molecule has 0 spiro atoms. The summed E-state index contributed by atoms with van der Waals surface area (Å²) in [5.41, 5.74) is 1.59. The van der Waals surface area contributed by atoms with Crippen molar-refractivity contribution in [3.05, 3.63) is 45.4 Å². The maximum atomic E-state index is 12.8. The van der Waals surface area contributed by atoms with E-state index in [1.807, 2.05) is 51.1 Å². The van der Waals surface area contributed by atoms with Crippen LogP contribution in [0, 0.1) is 0 Å². The Balaban J connectivity index is 1.89. The number of aliphatic hydroxyl groups excluding tert-OH is 1. The van der Waals surface area contributed by atoms with Gasteiger partial charge in [-0.1, -0.05) is 23.7 Å². The van der Waals surface area contributed by atoms with E-state index >= 15 is 0 Å². The van der Waals surface area contributed by atoms with Crippen molar-refractivity contribution in [2.75, 3.05) is 7.11 Å². The van der Waals surface area contributed by atoms with Crippen molar-refractivity contribution >= 4 is 33.6 Å². The van der Waals surface area contributed by atoms with Gasteiger partial charge in [0.05, 0.1) is 30.5 Å². The number of carbonyl (C=O) groups is 1. The van der Waals surface area contributed by atoms with Crippen LogP contribution in [-0.2, 0) is 11.3 Å². The van der Waals surface area contributed by atoms with Gasteiger partial charge in [0.25, 0.3) is 0 Å². The van der Waals surface area contributed by atoms with E-state index in [0.29, 0.717) is 29.4 Å². The molecule has 1 saturated carbocycles. The zero-order valence-corrected chi connectivity index (χ0v) is 19.8. The first-order chi connectivity index (χ1) is 14.1. The van der Waals surface area contributed by atoms with E-state index in [9.17, 15) is 9.90 Å². The molecule has 0 aliphatic heterocycles. The maximum Gasteiger partial charge on any atom is 0.410 e. The van der Waals surface area contributed by atoms with Crippen molar-refractivity contribution in [1.29, 1.82) is 0 Å². The molecule has 6 nitrogen and oxygen atoms in total. The van der Waals surface area contributed by atoms with Crippen LogP contribution in [0.5, 0.6) is 5.88 Å². The second-order valence-corrected chi connectivity index (χ2v) is 9.59. The van der Waals surface area contributed by atoms with Gasteiger partial charge in [-0.25, -0.2) is 9.78 Å². The summed E-state index contributed by atoms with van der Waals surface area (Å²) in [5.74, 6) is 0.414. The van der Waals surface area contributed by atoms with E-state index in [-0.39, 0.29) is 18.7 Å². The molecule has 0 unspecified atom stereocenters. The number of rotatable bonds is 5. The van der Waals surface area contributed by atoms with Crippen LogP contribution in [0.25, 0.3) is 11.3 Å². The highest BCUT2D eigenvalue weighted by Crippen LogP contribution is 2.35. The molecule has 1 aliphatic carbocycles. The molecule has 3 rings (SSSR count). The molecule has 1 aromatic heterocycles. The van der Waals surface area contributed by atoms with Crippen LogP contribution >= 0.6 is 27.5 Å².